The first-order valence-electron chi connectivity index (χ1n) is 7.20. The van der Waals surface area contributed by atoms with Crippen LogP contribution in [0.5, 0.6) is 0 Å². The minimum atomic E-state index is -0.626. The molecule has 0 unspecified atom stereocenters. The van der Waals surface area contributed by atoms with E-state index in [0.717, 1.165) is 0 Å². The number of anilines is 1. The third-order valence-corrected chi connectivity index (χ3v) is 3.07. The molecule has 1 aromatic heterocycles. The lowest BCUT2D eigenvalue weighted by atomic mass is 10.0. The van der Waals surface area contributed by atoms with Crippen LogP contribution >= 0.6 is 0 Å². The van der Waals surface area contributed by atoms with Crippen molar-refractivity contribution in [2.45, 2.75) is 13.8 Å². The van der Waals surface area contributed by atoms with Crippen LogP contribution in [0.4, 0.5) is 5.69 Å². The maximum absolute atomic E-state index is 12.6. The molecule has 0 radical (unpaired) electrons. The van der Waals surface area contributed by atoms with Crippen LogP contribution in [0.15, 0.2) is 52.6 Å². The molecule has 6 nitrogen and oxygen atoms in total. The van der Waals surface area contributed by atoms with E-state index in [1.165, 1.54) is 0 Å². The molecule has 0 bridgehead atoms. The SMILES string of the molecule is C=C(C)c1c(C(=O)/C(C#N)=N/Nc2ccccc2)noc1/C=C\C. The number of hydrogen-bond donors (Lipinski definition) is 1. The molecule has 0 fully saturated rings. The van der Waals surface area contributed by atoms with E-state index in [4.69, 9.17) is 4.52 Å². The number of Topliss-reactive ketones (excluding diaryl/α,β-unsaturated/α-hetero) is 1. The van der Waals surface area contributed by atoms with Crippen LogP contribution in [-0.2, 0) is 0 Å². The van der Waals surface area contributed by atoms with Crippen LogP contribution in [-0.4, -0.2) is 16.7 Å². The van der Waals surface area contributed by atoms with Crippen LogP contribution in [0, 0.1) is 11.3 Å². The first kappa shape index (κ1) is 16.9. The van der Waals surface area contributed by atoms with Crippen molar-refractivity contribution in [2.24, 2.45) is 5.10 Å². The zero-order valence-electron chi connectivity index (χ0n) is 13.4. The van der Waals surface area contributed by atoms with E-state index in [1.54, 1.807) is 37.3 Å². The van der Waals surface area contributed by atoms with Crippen molar-refractivity contribution in [1.29, 1.82) is 5.26 Å². The molecule has 2 rings (SSSR count). The van der Waals surface area contributed by atoms with Gasteiger partial charge in [0.1, 0.15) is 6.07 Å². The summed E-state index contributed by atoms with van der Waals surface area (Å²) in [5.74, 6) is -0.208. The molecule has 2 aromatic rings. The lowest BCUT2D eigenvalue weighted by molar-refractivity contribution is 0.105. The number of carbonyl (C=O) groups is 1. The van der Waals surface area contributed by atoms with E-state index in [1.807, 2.05) is 25.1 Å². The topological polar surface area (TPSA) is 91.3 Å². The predicted octanol–water partition coefficient (Wildman–Crippen LogP) is 3.92. The first-order valence-corrected chi connectivity index (χ1v) is 7.20. The van der Waals surface area contributed by atoms with E-state index in [-0.39, 0.29) is 11.4 Å². The summed E-state index contributed by atoms with van der Waals surface area (Å²) in [6.07, 6.45) is 3.44. The van der Waals surface area contributed by atoms with Crippen molar-refractivity contribution in [2.75, 3.05) is 5.43 Å². The Hall–Kier alpha value is -3.46. The maximum atomic E-state index is 12.6. The van der Waals surface area contributed by atoms with Gasteiger partial charge in [-0.05, 0) is 37.6 Å². The van der Waals surface area contributed by atoms with Gasteiger partial charge < -0.3 is 4.52 Å². The Kier molecular flexibility index (Phi) is 5.42. The highest BCUT2D eigenvalue weighted by Gasteiger charge is 2.25. The molecule has 0 aliphatic heterocycles. The van der Waals surface area contributed by atoms with E-state index < -0.39 is 5.78 Å². The summed E-state index contributed by atoms with van der Waals surface area (Å²) in [5.41, 5.74) is 4.12. The fourth-order valence-electron chi connectivity index (χ4n) is 2.01. The van der Waals surface area contributed by atoms with Crippen molar-refractivity contribution in [1.82, 2.24) is 5.16 Å². The first-order chi connectivity index (χ1) is 11.6. The van der Waals surface area contributed by atoms with Gasteiger partial charge in [-0.1, -0.05) is 36.0 Å². The molecule has 1 aromatic carbocycles. The van der Waals surface area contributed by atoms with E-state index in [9.17, 15) is 10.1 Å². The molecule has 1 heterocycles. The van der Waals surface area contributed by atoms with Crippen LogP contribution in [0.2, 0.25) is 0 Å². The molecular weight excluding hydrogens is 304 g/mol. The Balaban J connectivity index is 2.36. The van der Waals surface area contributed by atoms with Crippen molar-refractivity contribution < 1.29 is 9.32 Å². The largest absolute Gasteiger partial charge is 0.356 e. The highest BCUT2D eigenvalue weighted by Crippen LogP contribution is 2.24. The number of carbonyl (C=O) groups excluding carboxylic acids is 1. The zero-order valence-corrected chi connectivity index (χ0v) is 13.4. The number of allylic oxidation sites excluding steroid dienone is 2. The number of nitriles is 1. The Morgan fingerprint density at radius 1 is 1.42 bits per heavy atom. The maximum Gasteiger partial charge on any atom is 0.246 e. The molecule has 1 N–H and O–H groups in total. The van der Waals surface area contributed by atoms with Gasteiger partial charge in [0.25, 0.3) is 0 Å². The summed E-state index contributed by atoms with van der Waals surface area (Å²) in [5, 5.41) is 16.9. The Morgan fingerprint density at radius 2 is 2.12 bits per heavy atom. The molecule has 0 aliphatic rings. The summed E-state index contributed by atoms with van der Waals surface area (Å²) >= 11 is 0. The number of nitrogens with one attached hydrogen (secondary N) is 1. The number of hydrazone groups is 1. The summed E-state index contributed by atoms with van der Waals surface area (Å²) in [7, 11) is 0. The third-order valence-electron chi connectivity index (χ3n) is 3.07. The zero-order chi connectivity index (χ0) is 17.5. The third kappa shape index (κ3) is 3.65. The number of para-hydroxylation sites is 1. The highest BCUT2D eigenvalue weighted by molar-refractivity contribution is 6.51. The van der Waals surface area contributed by atoms with Gasteiger partial charge in [-0.25, -0.2) is 0 Å². The summed E-state index contributed by atoms with van der Waals surface area (Å²) in [6, 6.07) is 10.8. The average molecular weight is 320 g/mol. The second-order valence-corrected chi connectivity index (χ2v) is 4.93. The van der Waals surface area contributed by atoms with Gasteiger partial charge in [0.2, 0.25) is 11.5 Å². The fourth-order valence-corrected chi connectivity index (χ4v) is 2.01. The van der Waals surface area contributed by atoms with Gasteiger partial charge in [-0.3, -0.25) is 10.2 Å². The smallest absolute Gasteiger partial charge is 0.246 e. The van der Waals surface area contributed by atoms with E-state index in [2.05, 4.69) is 22.3 Å². The predicted molar refractivity (Wildman–Crippen MR) is 93.4 cm³/mol. The van der Waals surface area contributed by atoms with Crippen molar-refractivity contribution >= 4 is 28.8 Å². The van der Waals surface area contributed by atoms with Gasteiger partial charge in [-0.15, -0.1) is 0 Å². The standard InChI is InChI=1S/C18H16N4O2/c1-4-8-15-16(12(2)3)17(22-24-15)18(23)14(11-19)21-20-13-9-6-5-7-10-13/h4-10,20H,2H2,1,3H3/b8-4-,21-14+. The number of rotatable bonds is 6. The van der Waals surface area contributed by atoms with E-state index >= 15 is 0 Å². The normalized spacial score (nSPS) is 11.3. The molecule has 6 heteroatoms. The second kappa shape index (κ2) is 7.70. The molecule has 0 spiro atoms. The van der Waals surface area contributed by atoms with Crippen LogP contribution in [0.3, 0.4) is 0 Å². The van der Waals surface area contributed by atoms with Gasteiger partial charge in [0.05, 0.1) is 11.3 Å². The van der Waals surface area contributed by atoms with Gasteiger partial charge in [0, 0.05) is 0 Å². The summed E-state index contributed by atoms with van der Waals surface area (Å²) in [4.78, 5) is 12.6. The average Bonchev–Trinajstić information content (AvgIpc) is 3.00. The van der Waals surface area contributed by atoms with Gasteiger partial charge in [-0.2, -0.15) is 10.4 Å². The lowest BCUT2D eigenvalue weighted by Gasteiger charge is -2.01. The minimum Gasteiger partial charge on any atom is -0.356 e. The van der Waals surface area contributed by atoms with Gasteiger partial charge in [0.15, 0.2) is 11.5 Å². The fraction of sp³-hybridized carbons (Fsp3) is 0.111. The Bertz CT molecular complexity index is 855. The highest BCUT2D eigenvalue weighted by atomic mass is 16.5. The minimum absolute atomic E-state index is 0.0192. The molecule has 0 saturated carbocycles. The molecule has 24 heavy (non-hydrogen) atoms. The van der Waals surface area contributed by atoms with Crippen LogP contribution in [0.1, 0.15) is 35.7 Å². The number of ketones is 1. The van der Waals surface area contributed by atoms with Crippen molar-refractivity contribution in [3.05, 3.63) is 60.0 Å². The number of hydrogen-bond acceptors (Lipinski definition) is 6. The van der Waals surface area contributed by atoms with Crippen molar-refractivity contribution in [3.8, 4) is 6.07 Å². The molecule has 0 aliphatic carbocycles. The van der Waals surface area contributed by atoms with Crippen LogP contribution < -0.4 is 5.43 Å². The summed E-state index contributed by atoms with van der Waals surface area (Å²) < 4.78 is 5.17. The number of nitrogens with zero attached hydrogens (tertiary/aromatic N) is 3. The molecule has 0 saturated heterocycles. The quantitative estimate of drug-likeness (QED) is 0.495. The van der Waals surface area contributed by atoms with Crippen molar-refractivity contribution in [3.63, 3.8) is 0 Å². The number of benzene rings is 1. The molecule has 0 atom stereocenters. The number of aromatic nitrogens is 1. The Labute approximate surface area is 139 Å². The molecule has 0 amide bonds. The lowest BCUT2D eigenvalue weighted by Crippen LogP contribution is -2.16. The molecular formula is C18H16N4O2. The molecule has 120 valence electrons. The van der Waals surface area contributed by atoms with E-state index in [0.29, 0.717) is 22.6 Å². The monoisotopic (exact) mass is 320 g/mol. The van der Waals surface area contributed by atoms with Gasteiger partial charge >= 0.3 is 0 Å². The summed E-state index contributed by atoms with van der Waals surface area (Å²) in [6.45, 7) is 7.39. The second-order valence-electron chi connectivity index (χ2n) is 4.93. The Morgan fingerprint density at radius 3 is 2.71 bits per heavy atom. The van der Waals surface area contributed by atoms with Crippen LogP contribution in [0.25, 0.3) is 11.6 Å².